The zero-order chi connectivity index (χ0) is 21.8. The minimum absolute atomic E-state index is 0.217. The van der Waals surface area contributed by atoms with E-state index < -0.39 is 37.1 Å². The van der Waals surface area contributed by atoms with Crippen LogP contribution in [0, 0.1) is 10.1 Å². The van der Waals surface area contributed by atoms with Crippen molar-refractivity contribution >= 4 is 15.8 Å². The van der Waals surface area contributed by atoms with Crippen molar-refractivity contribution in [3.05, 3.63) is 88.5 Å². The lowest BCUT2D eigenvalue weighted by Gasteiger charge is -2.31. The van der Waals surface area contributed by atoms with Gasteiger partial charge in [0.05, 0.1) is 24.7 Å². The molecule has 2 aromatic rings. The fourth-order valence-electron chi connectivity index (χ4n) is 3.27. The van der Waals surface area contributed by atoms with Crippen LogP contribution in [0.15, 0.2) is 77.7 Å². The summed E-state index contributed by atoms with van der Waals surface area (Å²) >= 11 is 0. The van der Waals surface area contributed by atoms with E-state index in [1.165, 1.54) is 12.1 Å². The summed E-state index contributed by atoms with van der Waals surface area (Å²) < 4.78 is 35.4. The Morgan fingerprint density at radius 2 is 1.73 bits per heavy atom. The molecular formula is C21H21NO7S. The SMILES string of the molecule is COc1ccc(C2(CCOS(=O)(=O)c3ccccc3[N+](=O)[O-])C=CC(O)C=C2)cc1. The molecule has 0 saturated carbocycles. The summed E-state index contributed by atoms with van der Waals surface area (Å²) in [5.41, 5.74) is -0.388. The van der Waals surface area contributed by atoms with Gasteiger partial charge in [0.15, 0.2) is 4.90 Å². The van der Waals surface area contributed by atoms with Gasteiger partial charge in [0.2, 0.25) is 0 Å². The molecule has 0 fully saturated rings. The molecule has 9 heteroatoms. The van der Waals surface area contributed by atoms with Crippen LogP contribution in [0.4, 0.5) is 5.69 Å². The molecule has 0 heterocycles. The normalized spacial score (nSPS) is 20.8. The molecule has 0 aliphatic heterocycles. The number of nitrogens with zero attached hydrogens (tertiary/aromatic N) is 1. The Kier molecular flexibility index (Phi) is 6.35. The minimum Gasteiger partial charge on any atom is -0.497 e. The van der Waals surface area contributed by atoms with Gasteiger partial charge in [-0.1, -0.05) is 48.6 Å². The van der Waals surface area contributed by atoms with Gasteiger partial charge in [-0.2, -0.15) is 8.42 Å². The van der Waals surface area contributed by atoms with Crippen molar-refractivity contribution in [2.45, 2.75) is 22.8 Å². The Balaban J connectivity index is 1.83. The summed E-state index contributed by atoms with van der Waals surface area (Å²) in [5, 5.41) is 20.9. The molecule has 3 rings (SSSR count). The van der Waals surface area contributed by atoms with Gasteiger partial charge in [-0.05, 0) is 30.2 Å². The number of nitro groups is 1. The molecule has 0 saturated heterocycles. The number of aliphatic hydroxyl groups is 1. The lowest BCUT2D eigenvalue weighted by Crippen LogP contribution is -2.27. The Morgan fingerprint density at radius 3 is 2.33 bits per heavy atom. The van der Waals surface area contributed by atoms with E-state index in [0.29, 0.717) is 5.75 Å². The van der Waals surface area contributed by atoms with Crippen LogP contribution in [0.1, 0.15) is 12.0 Å². The third-order valence-electron chi connectivity index (χ3n) is 4.89. The zero-order valence-electron chi connectivity index (χ0n) is 16.2. The largest absolute Gasteiger partial charge is 0.497 e. The molecular weight excluding hydrogens is 410 g/mol. The topological polar surface area (TPSA) is 116 Å². The second kappa shape index (κ2) is 8.78. The minimum atomic E-state index is -4.33. The van der Waals surface area contributed by atoms with Crippen LogP contribution < -0.4 is 4.74 Å². The molecule has 0 atom stereocenters. The Labute approximate surface area is 174 Å². The van der Waals surface area contributed by atoms with E-state index in [4.69, 9.17) is 8.92 Å². The van der Waals surface area contributed by atoms with Gasteiger partial charge in [0.25, 0.3) is 5.69 Å². The molecule has 0 radical (unpaired) electrons. The first-order valence-electron chi connectivity index (χ1n) is 9.12. The summed E-state index contributed by atoms with van der Waals surface area (Å²) in [4.78, 5) is 9.89. The second-order valence-corrected chi connectivity index (χ2v) is 8.31. The van der Waals surface area contributed by atoms with Crippen molar-refractivity contribution in [3.63, 3.8) is 0 Å². The van der Waals surface area contributed by atoms with Crippen molar-refractivity contribution in [1.82, 2.24) is 0 Å². The maximum absolute atomic E-state index is 12.6. The first-order chi connectivity index (χ1) is 14.3. The van der Waals surface area contributed by atoms with Gasteiger partial charge in [-0.3, -0.25) is 14.3 Å². The van der Waals surface area contributed by atoms with Gasteiger partial charge >= 0.3 is 10.1 Å². The molecule has 0 aromatic heterocycles. The Hall–Kier alpha value is -3.01. The molecule has 8 nitrogen and oxygen atoms in total. The van der Waals surface area contributed by atoms with E-state index in [0.717, 1.165) is 17.7 Å². The van der Waals surface area contributed by atoms with Crippen LogP contribution in [-0.4, -0.2) is 38.3 Å². The number of hydrogen-bond donors (Lipinski definition) is 1. The molecule has 30 heavy (non-hydrogen) atoms. The summed E-state index contributed by atoms with van der Waals surface area (Å²) in [6, 6.07) is 12.3. The fourth-order valence-corrected chi connectivity index (χ4v) is 4.34. The van der Waals surface area contributed by atoms with Crippen LogP contribution >= 0.6 is 0 Å². The highest BCUT2D eigenvalue weighted by molar-refractivity contribution is 7.87. The number of rotatable bonds is 8. The highest BCUT2D eigenvalue weighted by atomic mass is 32.2. The third-order valence-corrected chi connectivity index (χ3v) is 6.26. The molecule has 0 spiro atoms. The lowest BCUT2D eigenvalue weighted by molar-refractivity contribution is -0.387. The summed E-state index contributed by atoms with van der Waals surface area (Å²) in [6.07, 6.45) is 6.31. The van der Waals surface area contributed by atoms with Crippen LogP contribution in [0.5, 0.6) is 5.75 Å². The monoisotopic (exact) mass is 431 g/mol. The number of para-hydroxylation sites is 1. The van der Waals surface area contributed by atoms with E-state index >= 15 is 0 Å². The average Bonchev–Trinajstić information content (AvgIpc) is 2.75. The summed E-state index contributed by atoms with van der Waals surface area (Å²) in [5.74, 6) is 0.674. The van der Waals surface area contributed by atoms with Crippen molar-refractivity contribution in [3.8, 4) is 5.75 Å². The van der Waals surface area contributed by atoms with E-state index in [9.17, 15) is 23.6 Å². The Morgan fingerprint density at radius 1 is 1.10 bits per heavy atom. The van der Waals surface area contributed by atoms with E-state index in [1.54, 1.807) is 43.5 Å². The molecule has 0 bridgehead atoms. The molecule has 0 unspecified atom stereocenters. The molecule has 0 amide bonds. The van der Waals surface area contributed by atoms with Crippen molar-refractivity contribution in [1.29, 1.82) is 0 Å². The first-order valence-corrected chi connectivity index (χ1v) is 10.5. The quantitative estimate of drug-likeness (QED) is 0.295. The summed E-state index contributed by atoms with van der Waals surface area (Å²) in [6.45, 7) is -0.217. The van der Waals surface area contributed by atoms with Crippen LogP contribution in [0.3, 0.4) is 0 Å². The molecule has 2 aromatic carbocycles. The van der Waals surface area contributed by atoms with E-state index in [-0.39, 0.29) is 13.0 Å². The van der Waals surface area contributed by atoms with Crippen molar-refractivity contribution < 1.29 is 27.4 Å². The zero-order valence-corrected chi connectivity index (χ0v) is 17.0. The third kappa shape index (κ3) is 4.59. The van der Waals surface area contributed by atoms with Gasteiger partial charge in [-0.25, -0.2) is 0 Å². The molecule has 1 aliphatic rings. The van der Waals surface area contributed by atoms with Crippen molar-refractivity contribution in [2.75, 3.05) is 13.7 Å². The number of allylic oxidation sites excluding steroid dienone is 2. The maximum Gasteiger partial charge on any atom is 0.303 e. The predicted molar refractivity (Wildman–Crippen MR) is 110 cm³/mol. The standard InChI is InChI=1S/C21H21NO7S/c1-28-18-8-6-16(7-9-18)21(12-10-17(23)11-13-21)14-15-29-30(26,27)20-5-3-2-4-19(20)22(24)25/h2-13,17,23H,14-15H2,1H3. The highest BCUT2D eigenvalue weighted by Crippen LogP contribution is 2.36. The van der Waals surface area contributed by atoms with Gasteiger partial charge in [0.1, 0.15) is 5.75 Å². The van der Waals surface area contributed by atoms with E-state index in [1.807, 2.05) is 12.1 Å². The number of aliphatic hydroxyl groups excluding tert-OH is 1. The number of hydrogen-bond acceptors (Lipinski definition) is 7. The average molecular weight is 431 g/mol. The lowest BCUT2D eigenvalue weighted by atomic mass is 9.75. The molecule has 158 valence electrons. The van der Waals surface area contributed by atoms with E-state index in [2.05, 4.69) is 0 Å². The van der Waals surface area contributed by atoms with Crippen LogP contribution in [-0.2, 0) is 19.7 Å². The fraction of sp³-hybridized carbons (Fsp3) is 0.238. The van der Waals surface area contributed by atoms with Gasteiger partial charge in [-0.15, -0.1) is 0 Å². The molecule has 1 aliphatic carbocycles. The maximum atomic E-state index is 12.6. The van der Waals surface area contributed by atoms with Crippen LogP contribution in [0.2, 0.25) is 0 Å². The van der Waals surface area contributed by atoms with Crippen LogP contribution in [0.25, 0.3) is 0 Å². The number of methoxy groups -OCH3 is 1. The molecule has 1 N–H and O–H groups in total. The second-order valence-electron chi connectivity index (χ2n) is 6.73. The summed E-state index contributed by atoms with van der Waals surface area (Å²) in [7, 11) is -2.77. The smallest absolute Gasteiger partial charge is 0.303 e. The highest BCUT2D eigenvalue weighted by Gasteiger charge is 2.31. The number of nitro benzene ring substituents is 1. The number of benzene rings is 2. The number of ether oxygens (including phenoxy) is 1. The van der Waals surface area contributed by atoms with Crippen molar-refractivity contribution in [2.24, 2.45) is 0 Å². The van der Waals surface area contributed by atoms with Gasteiger partial charge in [0, 0.05) is 11.5 Å². The predicted octanol–water partition coefficient (Wildman–Crippen LogP) is 3.12. The first kappa shape index (κ1) is 21.7. The van der Waals surface area contributed by atoms with Gasteiger partial charge < -0.3 is 9.84 Å². The Bertz CT molecular complexity index is 1060.